The van der Waals surface area contributed by atoms with Gasteiger partial charge in [-0.25, -0.2) is 13.4 Å². The normalized spacial score (nSPS) is 18.0. The number of ether oxygens (including phenoxy) is 1. The van der Waals surface area contributed by atoms with E-state index < -0.39 is 27.3 Å². The predicted octanol–water partition coefficient (Wildman–Crippen LogP) is 2.42. The molecule has 0 bridgehead atoms. The van der Waals surface area contributed by atoms with Gasteiger partial charge in [0.25, 0.3) is 10.0 Å². The third kappa shape index (κ3) is 3.76. The SMILES string of the molecule is Cn1cnc(S(=O)(=O)NC2(c3cccc(C(F)(F)F)c3)CCOCC2)c1. The lowest BCUT2D eigenvalue weighted by Gasteiger charge is -2.38. The van der Waals surface area contributed by atoms with Crippen molar-refractivity contribution in [2.45, 2.75) is 29.6 Å². The summed E-state index contributed by atoms with van der Waals surface area (Å²) in [6, 6.07) is 4.74. The Bertz CT molecular complexity index is 887. The summed E-state index contributed by atoms with van der Waals surface area (Å²) in [5.74, 6) is 0. The highest BCUT2D eigenvalue weighted by Gasteiger charge is 2.41. The maximum atomic E-state index is 13.1. The number of hydrogen-bond donors (Lipinski definition) is 1. The first-order valence-electron chi connectivity index (χ1n) is 7.90. The zero-order valence-corrected chi connectivity index (χ0v) is 14.8. The molecule has 2 aromatic rings. The molecule has 0 aliphatic carbocycles. The third-order valence-corrected chi connectivity index (χ3v) is 5.80. The Hall–Kier alpha value is -1.91. The van der Waals surface area contributed by atoms with Crippen LogP contribution in [0.5, 0.6) is 0 Å². The molecule has 142 valence electrons. The van der Waals surface area contributed by atoms with E-state index in [2.05, 4.69) is 9.71 Å². The largest absolute Gasteiger partial charge is 0.416 e. The summed E-state index contributed by atoms with van der Waals surface area (Å²) in [6.45, 7) is 0.474. The zero-order valence-electron chi connectivity index (χ0n) is 14.0. The maximum Gasteiger partial charge on any atom is 0.416 e. The fourth-order valence-electron chi connectivity index (χ4n) is 3.00. The van der Waals surface area contributed by atoms with Gasteiger partial charge in [-0.3, -0.25) is 0 Å². The average Bonchev–Trinajstić information content (AvgIpc) is 3.02. The van der Waals surface area contributed by atoms with E-state index >= 15 is 0 Å². The van der Waals surface area contributed by atoms with Crippen molar-refractivity contribution < 1.29 is 26.3 Å². The second kappa shape index (κ2) is 6.67. The van der Waals surface area contributed by atoms with Gasteiger partial charge in [-0.15, -0.1) is 0 Å². The summed E-state index contributed by atoms with van der Waals surface area (Å²) in [7, 11) is -2.38. The minimum atomic E-state index is -4.51. The number of alkyl halides is 3. The highest BCUT2D eigenvalue weighted by atomic mass is 32.2. The van der Waals surface area contributed by atoms with E-state index in [1.807, 2.05) is 0 Å². The van der Waals surface area contributed by atoms with Crippen molar-refractivity contribution in [3.63, 3.8) is 0 Å². The Morgan fingerprint density at radius 3 is 2.54 bits per heavy atom. The van der Waals surface area contributed by atoms with Crippen LogP contribution in [0.2, 0.25) is 0 Å². The van der Waals surface area contributed by atoms with Gasteiger partial charge in [0.05, 0.1) is 17.4 Å². The number of nitrogens with one attached hydrogen (secondary N) is 1. The van der Waals surface area contributed by atoms with E-state index in [1.54, 1.807) is 7.05 Å². The van der Waals surface area contributed by atoms with Crippen molar-refractivity contribution in [1.82, 2.24) is 14.3 Å². The van der Waals surface area contributed by atoms with Gasteiger partial charge >= 0.3 is 6.18 Å². The highest BCUT2D eigenvalue weighted by Crippen LogP contribution is 2.37. The Balaban J connectivity index is 2.03. The molecule has 1 saturated heterocycles. The van der Waals surface area contributed by atoms with Crippen molar-refractivity contribution in [3.8, 4) is 0 Å². The molecule has 0 saturated carbocycles. The van der Waals surface area contributed by atoms with Crippen molar-refractivity contribution in [2.24, 2.45) is 7.05 Å². The Kier molecular flexibility index (Phi) is 4.84. The van der Waals surface area contributed by atoms with E-state index in [9.17, 15) is 21.6 Å². The lowest BCUT2D eigenvalue weighted by atomic mass is 9.83. The van der Waals surface area contributed by atoms with Gasteiger partial charge in [0, 0.05) is 26.5 Å². The molecule has 3 rings (SSSR count). The first-order valence-corrected chi connectivity index (χ1v) is 9.38. The molecule has 0 atom stereocenters. The smallest absolute Gasteiger partial charge is 0.381 e. The molecule has 1 aliphatic heterocycles. The minimum Gasteiger partial charge on any atom is -0.381 e. The molecule has 1 N–H and O–H groups in total. The lowest BCUT2D eigenvalue weighted by Crippen LogP contribution is -2.49. The molecule has 0 amide bonds. The van der Waals surface area contributed by atoms with Gasteiger partial charge < -0.3 is 9.30 Å². The van der Waals surface area contributed by atoms with Gasteiger partial charge in [0.1, 0.15) is 0 Å². The van der Waals surface area contributed by atoms with Crippen LogP contribution in [0.3, 0.4) is 0 Å². The van der Waals surface area contributed by atoms with Crippen LogP contribution in [-0.4, -0.2) is 31.2 Å². The number of rotatable bonds is 4. The van der Waals surface area contributed by atoms with E-state index in [1.165, 1.54) is 29.2 Å². The topological polar surface area (TPSA) is 73.2 Å². The minimum absolute atomic E-state index is 0.183. The van der Waals surface area contributed by atoms with E-state index in [4.69, 9.17) is 4.74 Å². The van der Waals surface area contributed by atoms with E-state index in [0.29, 0.717) is 0 Å². The number of sulfonamides is 1. The van der Waals surface area contributed by atoms with Crippen LogP contribution in [0.1, 0.15) is 24.0 Å². The number of nitrogens with zero attached hydrogens (tertiary/aromatic N) is 2. The van der Waals surface area contributed by atoms with Gasteiger partial charge in [-0.1, -0.05) is 12.1 Å². The fourth-order valence-corrected chi connectivity index (χ4v) is 4.43. The summed E-state index contributed by atoms with van der Waals surface area (Å²) >= 11 is 0. The zero-order chi connectivity index (χ0) is 19.0. The van der Waals surface area contributed by atoms with E-state index in [-0.39, 0.29) is 36.6 Å². The molecule has 2 heterocycles. The monoisotopic (exact) mass is 389 g/mol. The van der Waals surface area contributed by atoms with Gasteiger partial charge in [0.2, 0.25) is 0 Å². The second-order valence-corrected chi connectivity index (χ2v) is 7.89. The number of halogens is 3. The second-order valence-electron chi connectivity index (χ2n) is 6.26. The predicted molar refractivity (Wildman–Crippen MR) is 86.7 cm³/mol. The standard InChI is InChI=1S/C16H18F3N3O3S/c1-22-10-14(20-11-22)26(23,24)21-15(5-7-25-8-6-15)12-3-2-4-13(9-12)16(17,18)19/h2-4,9-11,21H,5-8H2,1H3. The molecule has 0 spiro atoms. The Morgan fingerprint density at radius 2 is 1.96 bits per heavy atom. The number of hydrogen-bond acceptors (Lipinski definition) is 4. The summed E-state index contributed by atoms with van der Waals surface area (Å²) in [4.78, 5) is 3.84. The van der Waals surface area contributed by atoms with Gasteiger partial charge in [-0.05, 0) is 30.5 Å². The number of aryl methyl sites for hydroxylation is 1. The molecule has 6 nitrogen and oxygen atoms in total. The quantitative estimate of drug-likeness (QED) is 0.872. The lowest BCUT2D eigenvalue weighted by molar-refractivity contribution is -0.137. The molecule has 1 aromatic heterocycles. The molecule has 0 radical (unpaired) electrons. The Labute approximate surface area is 149 Å². The average molecular weight is 389 g/mol. The van der Waals surface area contributed by atoms with Crippen LogP contribution in [0.15, 0.2) is 41.8 Å². The summed E-state index contributed by atoms with van der Waals surface area (Å²) in [5.41, 5.74) is -1.75. The van der Waals surface area contributed by atoms with Crippen LogP contribution in [-0.2, 0) is 33.5 Å². The maximum absolute atomic E-state index is 13.1. The number of benzene rings is 1. The highest BCUT2D eigenvalue weighted by molar-refractivity contribution is 7.89. The van der Waals surface area contributed by atoms with Crippen molar-refractivity contribution in [2.75, 3.05) is 13.2 Å². The first-order chi connectivity index (χ1) is 12.1. The van der Waals surface area contributed by atoms with Crippen molar-refractivity contribution >= 4 is 10.0 Å². The fraction of sp³-hybridized carbons (Fsp3) is 0.438. The third-order valence-electron chi connectivity index (χ3n) is 4.38. The van der Waals surface area contributed by atoms with Crippen molar-refractivity contribution in [3.05, 3.63) is 47.9 Å². The van der Waals surface area contributed by atoms with Crippen LogP contribution in [0.25, 0.3) is 0 Å². The summed E-state index contributed by atoms with van der Waals surface area (Å²) < 4.78 is 74.1. The molecular formula is C16H18F3N3O3S. The molecule has 0 unspecified atom stereocenters. The van der Waals surface area contributed by atoms with Crippen LogP contribution >= 0.6 is 0 Å². The first kappa shape index (κ1) is 18.9. The van der Waals surface area contributed by atoms with E-state index in [0.717, 1.165) is 12.1 Å². The summed E-state index contributed by atoms with van der Waals surface area (Å²) in [6.07, 6.45) is -1.39. The number of aromatic nitrogens is 2. The van der Waals surface area contributed by atoms with Gasteiger partial charge in [-0.2, -0.15) is 17.9 Å². The summed E-state index contributed by atoms with van der Waals surface area (Å²) in [5, 5.41) is -0.183. The van der Waals surface area contributed by atoms with Gasteiger partial charge in [0.15, 0.2) is 5.03 Å². The van der Waals surface area contributed by atoms with Crippen LogP contribution in [0.4, 0.5) is 13.2 Å². The number of imidazole rings is 1. The molecular weight excluding hydrogens is 371 g/mol. The molecule has 1 fully saturated rings. The molecule has 1 aliphatic rings. The van der Waals surface area contributed by atoms with Crippen LogP contribution in [0, 0.1) is 0 Å². The van der Waals surface area contributed by atoms with Crippen molar-refractivity contribution in [1.29, 1.82) is 0 Å². The Morgan fingerprint density at radius 1 is 1.27 bits per heavy atom. The molecule has 10 heteroatoms. The molecule has 1 aromatic carbocycles. The molecule has 26 heavy (non-hydrogen) atoms. The van der Waals surface area contributed by atoms with Crippen LogP contribution < -0.4 is 4.72 Å².